The number of aliphatic carboxylic acids is 1. The van der Waals surface area contributed by atoms with Gasteiger partial charge in [0.2, 0.25) is 0 Å². The van der Waals surface area contributed by atoms with Crippen LogP contribution >= 0.6 is 0 Å². The summed E-state index contributed by atoms with van der Waals surface area (Å²) in [5, 5.41) is 9.39. The van der Waals surface area contributed by atoms with Gasteiger partial charge < -0.3 is 24.1 Å². The van der Waals surface area contributed by atoms with Crippen molar-refractivity contribution in [1.82, 2.24) is 4.90 Å². The SMILES string of the molecule is CO[C@H]1[C@H](OC)[C@H](OC)N(C(=O)OC(C)(C)C)C[C@H]1C(=O)O. The van der Waals surface area contributed by atoms with Gasteiger partial charge in [0.1, 0.15) is 23.7 Å². The first-order chi connectivity index (χ1) is 10.2. The zero-order valence-electron chi connectivity index (χ0n) is 13.9. The minimum Gasteiger partial charge on any atom is -0.481 e. The van der Waals surface area contributed by atoms with E-state index in [9.17, 15) is 14.7 Å². The minimum atomic E-state index is -1.07. The molecule has 0 aromatic carbocycles. The van der Waals surface area contributed by atoms with Gasteiger partial charge in [-0.15, -0.1) is 0 Å². The van der Waals surface area contributed by atoms with Crippen LogP contribution in [-0.4, -0.2) is 74.0 Å². The van der Waals surface area contributed by atoms with Crippen molar-refractivity contribution in [2.75, 3.05) is 27.9 Å². The molecule has 8 heteroatoms. The first kappa shape index (κ1) is 18.7. The number of methoxy groups -OCH3 is 3. The lowest BCUT2D eigenvalue weighted by molar-refractivity contribution is -0.205. The number of carbonyl (C=O) groups is 2. The van der Waals surface area contributed by atoms with Crippen LogP contribution in [0.2, 0.25) is 0 Å². The Balaban J connectivity index is 3.09. The molecule has 22 heavy (non-hydrogen) atoms. The Hall–Kier alpha value is -1.38. The first-order valence-electron chi connectivity index (χ1n) is 6.97. The zero-order chi connectivity index (χ0) is 17.1. The van der Waals surface area contributed by atoms with Crippen LogP contribution in [-0.2, 0) is 23.7 Å². The number of ether oxygens (including phenoxy) is 4. The number of nitrogens with zero attached hydrogens (tertiary/aromatic N) is 1. The van der Waals surface area contributed by atoms with Gasteiger partial charge in [-0.2, -0.15) is 0 Å². The molecule has 0 saturated carbocycles. The van der Waals surface area contributed by atoms with E-state index in [2.05, 4.69) is 0 Å². The highest BCUT2D eigenvalue weighted by Gasteiger charge is 2.50. The van der Waals surface area contributed by atoms with Crippen LogP contribution in [0.1, 0.15) is 20.8 Å². The van der Waals surface area contributed by atoms with Gasteiger partial charge in [0.05, 0.1) is 0 Å². The topological polar surface area (TPSA) is 94.5 Å². The van der Waals surface area contributed by atoms with Crippen molar-refractivity contribution in [3.63, 3.8) is 0 Å². The van der Waals surface area contributed by atoms with Crippen molar-refractivity contribution in [2.24, 2.45) is 5.92 Å². The van der Waals surface area contributed by atoms with Crippen molar-refractivity contribution >= 4 is 12.1 Å². The van der Waals surface area contributed by atoms with Gasteiger partial charge in [0.15, 0.2) is 6.23 Å². The predicted octanol–water partition coefficient (Wildman–Crippen LogP) is 0.940. The molecule has 1 N–H and O–H groups in total. The summed E-state index contributed by atoms with van der Waals surface area (Å²) in [6.45, 7) is 5.12. The van der Waals surface area contributed by atoms with Crippen LogP contribution in [0.4, 0.5) is 4.79 Å². The fourth-order valence-corrected chi connectivity index (χ4v) is 2.52. The maximum Gasteiger partial charge on any atom is 0.412 e. The van der Waals surface area contributed by atoms with Gasteiger partial charge in [0, 0.05) is 27.9 Å². The normalized spacial score (nSPS) is 29.3. The van der Waals surface area contributed by atoms with Gasteiger partial charge in [-0.3, -0.25) is 9.69 Å². The Labute approximate surface area is 130 Å². The highest BCUT2D eigenvalue weighted by atomic mass is 16.6. The van der Waals surface area contributed by atoms with E-state index in [0.717, 1.165) is 0 Å². The molecule has 0 unspecified atom stereocenters. The number of amides is 1. The monoisotopic (exact) mass is 319 g/mol. The number of rotatable bonds is 4. The highest BCUT2D eigenvalue weighted by molar-refractivity contribution is 5.74. The molecular formula is C14H25NO7. The number of carboxylic acids is 1. The summed E-state index contributed by atoms with van der Waals surface area (Å²) in [5.74, 6) is -2.01. The molecule has 0 aromatic rings. The molecule has 1 heterocycles. The Morgan fingerprint density at radius 2 is 1.59 bits per heavy atom. The third-order valence-electron chi connectivity index (χ3n) is 3.43. The zero-order valence-corrected chi connectivity index (χ0v) is 13.9. The molecule has 8 nitrogen and oxygen atoms in total. The molecule has 0 radical (unpaired) electrons. The number of carbonyl (C=O) groups excluding carboxylic acids is 1. The summed E-state index contributed by atoms with van der Waals surface area (Å²) in [4.78, 5) is 25.1. The van der Waals surface area contributed by atoms with Crippen LogP contribution in [0.15, 0.2) is 0 Å². The lowest BCUT2D eigenvalue weighted by Gasteiger charge is -2.45. The molecule has 0 aliphatic carbocycles. The Morgan fingerprint density at radius 3 is 1.95 bits per heavy atom. The summed E-state index contributed by atoms with van der Waals surface area (Å²) in [6.07, 6.45) is -2.91. The first-order valence-corrected chi connectivity index (χ1v) is 6.97. The van der Waals surface area contributed by atoms with E-state index in [1.807, 2.05) is 0 Å². The molecule has 1 rings (SSSR count). The van der Waals surface area contributed by atoms with Crippen LogP contribution in [0.3, 0.4) is 0 Å². The fraction of sp³-hybridized carbons (Fsp3) is 0.857. The van der Waals surface area contributed by atoms with Gasteiger partial charge in [-0.05, 0) is 20.8 Å². The maximum atomic E-state index is 12.3. The highest BCUT2D eigenvalue weighted by Crippen LogP contribution is 2.29. The van der Waals surface area contributed by atoms with Crippen molar-refractivity contribution in [2.45, 2.75) is 44.8 Å². The van der Waals surface area contributed by atoms with Crippen molar-refractivity contribution in [1.29, 1.82) is 0 Å². The molecule has 1 fully saturated rings. The lowest BCUT2D eigenvalue weighted by atomic mass is 9.91. The Morgan fingerprint density at radius 1 is 1.05 bits per heavy atom. The average molecular weight is 319 g/mol. The predicted molar refractivity (Wildman–Crippen MR) is 76.5 cm³/mol. The molecule has 1 amide bonds. The molecule has 128 valence electrons. The van der Waals surface area contributed by atoms with Crippen LogP contribution in [0.5, 0.6) is 0 Å². The van der Waals surface area contributed by atoms with E-state index in [1.54, 1.807) is 20.8 Å². The van der Waals surface area contributed by atoms with E-state index in [0.29, 0.717) is 0 Å². The lowest BCUT2D eigenvalue weighted by Crippen LogP contribution is -2.64. The van der Waals surface area contributed by atoms with Gasteiger partial charge in [-0.25, -0.2) is 4.79 Å². The van der Waals surface area contributed by atoms with Crippen molar-refractivity contribution in [3.05, 3.63) is 0 Å². The van der Waals surface area contributed by atoms with Crippen LogP contribution < -0.4 is 0 Å². The molecule has 1 saturated heterocycles. The molecule has 1 aliphatic rings. The van der Waals surface area contributed by atoms with Gasteiger partial charge in [-0.1, -0.05) is 0 Å². The van der Waals surface area contributed by atoms with E-state index in [1.165, 1.54) is 26.2 Å². The van der Waals surface area contributed by atoms with Crippen molar-refractivity contribution < 1.29 is 33.6 Å². The molecule has 1 aliphatic heterocycles. The second kappa shape index (κ2) is 7.26. The van der Waals surface area contributed by atoms with Crippen LogP contribution in [0, 0.1) is 5.92 Å². The Bertz CT molecular complexity index is 406. The second-order valence-electron chi connectivity index (χ2n) is 6.10. The van der Waals surface area contributed by atoms with E-state index in [-0.39, 0.29) is 6.54 Å². The van der Waals surface area contributed by atoms with E-state index < -0.39 is 42.0 Å². The van der Waals surface area contributed by atoms with E-state index >= 15 is 0 Å². The largest absolute Gasteiger partial charge is 0.481 e. The number of hydrogen-bond acceptors (Lipinski definition) is 6. The Kier molecular flexibility index (Phi) is 6.16. The summed E-state index contributed by atoms with van der Waals surface area (Å²) < 4.78 is 21.2. The second-order valence-corrected chi connectivity index (χ2v) is 6.10. The minimum absolute atomic E-state index is 0.0822. The smallest absolute Gasteiger partial charge is 0.412 e. The van der Waals surface area contributed by atoms with Crippen LogP contribution in [0.25, 0.3) is 0 Å². The quantitative estimate of drug-likeness (QED) is 0.824. The maximum absolute atomic E-state index is 12.3. The standard InChI is InChI=1S/C14H25NO7/c1-14(2,3)22-13(18)15-7-8(12(16)17)9(19-4)10(20-5)11(15)21-6/h8-11H,7H2,1-6H3,(H,16,17)/t8-,9-,10+,11+/m1/s1. The number of likely N-dealkylation sites (tertiary alicyclic amines) is 1. The molecule has 0 spiro atoms. The van der Waals surface area contributed by atoms with Crippen molar-refractivity contribution in [3.8, 4) is 0 Å². The summed E-state index contributed by atoms with van der Waals surface area (Å²) in [5.41, 5.74) is -0.700. The molecule has 4 atom stereocenters. The summed E-state index contributed by atoms with van der Waals surface area (Å²) in [7, 11) is 4.24. The fourth-order valence-electron chi connectivity index (χ4n) is 2.52. The summed E-state index contributed by atoms with van der Waals surface area (Å²) >= 11 is 0. The average Bonchev–Trinajstić information content (AvgIpc) is 2.42. The third kappa shape index (κ3) is 4.08. The number of hydrogen-bond donors (Lipinski definition) is 1. The van der Waals surface area contributed by atoms with Gasteiger partial charge in [0.25, 0.3) is 0 Å². The summed E-state index contributed by atoms with van der Waals surface area (Å²) in [6, 6.07) is 0. The van der Waals surface area contributed by atoms with Gasteiger partial charge >= 0.3 is 12.1 Å². The van der Waals surface area contributed by atoms with E-state index in [4.69, 9.17) is 18.9 Å². The molecule has 0 bridgehead atoms. The molecule has 0 aromatic heterocycles. The number of piperidine rings is 1. The molecular weight excluding hydrogens is 294 g/mol. The third-order valence-corrected chi connectivity index (χ3v) is 3.43. The number of carboxylic acid groups (broad SMARTS) is 1.